The van der Waals surface area contributed by atoms with E-state index in [0.717, 1.165) is 72.3 Å². The Morgan fingerprint density at radius 2 is 1.59 bits per heavy atom. The number of furan rings is 1. The summed E-state index contributed by atoms with van der Waals surface area (Å²) in [5, 5.41) is 2.29. The van der Waals surface area contributed by atoms with Crippen molar-refractivity contribution < 1.29 is 25.5 Å². The summed E-state index contributed by atoms with van der Waals surface area (Å²) >= 11 is 0. The molecule has 198 valence electrons. The number of para-hydroxylation sites is 3. The molecular weight excluding hydrogens is 687 g/mol. The largest absolute Gasteiger partial charge is 2.00 e. The van der Waals surface area contributed by atoms with Crippen molar-refractivity contribution in [3.63, 3.8) is 0 Å². The number of pyridine rings is 1. The second-order valence-electron chi connectivity index (χ2n) is 9.83. The Labute approximate surface area is 251 Å². The fourth-order valence-electron chi connectivity index (χ4n) is 5.64. The Kier molecular flexibility index (Phi) is 6.18. The molecule has 0 N–H and O–H groups in total. The molecule has 8 aromatic rings. The third kappa shape index (κ3) is 4.04. The van der Waals surface area contributed by atoms with Crippen LogP contribution in [0, 0.1) is 12.1 Å². The summed E-state index contributed by atoms with van der Waals surface area (Å²) in [5.74, 6) is 0.883. The van der Waals surface area contributed by atoms with Crippen molar-refractivity contribution in [1.82, 2.24) is 19.1 Å². The van der Waals surface area contributed by atoms with Crippen molar-refractivity contribution in [2.24, 2.45) is 7.05 Å². The summed E-state index contributed by atoms with van der Waals surface area (Å²) in [5.41, 5.74) is 9.75. The third-order valence-corrected chi connectivity index (χ3v) is 7.54. The van der Waals surface area contributed by atoms with E-state index >= 15 is 0 Å². The van der Waals surface area contributed by atoms with Crippen molar-refractivity contribution in [1.29, 1.82) is 0 Å². The fourth-order valence-corrected chi connectivity index (χ4v) is 5.64. The van der Waals surface area contributed by atoms with Crippen LogP contribution in [0.15, 0.2) is 120 Å². The molecule has 0 aliphatic rings. The SMILES string of the molecule is Cn1c(-c2[c-]c3c(cc2)c2ccccc2n3-c2[c-]c(-c3ccccn3)c(-c3ccoc3)cc2)nc2ccccc21.[Pt+2]. The summed E-state index contributed by atoms with van der Waals surface area (Å²) in [6, 6.07) is 40.5. The Morgan fingerprint density at radius 1 is 0.756 bits per heavy atom. The molecule has 5 nitrogen and oxygen atoms in total. The molecule has 0 bridgehead atoms. The summed E-state index contributed by atoms with van der Waals surface area (Å²) < 4.78 is 9.78. The fraction of sp³-hybridized carbons (Fsp3) is 0.0286. The van der Waals surface area contributed by atoms with Gasteiger partial charge < -0.3 is 18.5 Å². The number of hydrogen-bond donors (Lipinski definition) is 0. The first-order chi connectivity index (χ1) is 19.8. The van der Waals surface area contributed by atoms with Gasteiger partial charge in [-0.2, -0.15) is 0 Å². The number of nitrogens with zero attached hydrogens (tertiary/aromatic N) is 4. The minimum atomic E-state index is 0. The molecule has 4 heterocycles. The van der Waals surface area contributed by atoms with Gasteiger partial charge in [0, 0.05) is 18.8 Å². The minimum Gasteiger partial charge on any atom is -0.473 e. The molecule has 4 aromatic carbocycles. The summed E-state index contributed by atoms with van der Waals surface area (Å²) in [4.78, 5) is 9.60. The minimum absolute atomic E-state index is 0. The zero-order chi connectivity index (χ0) is 26.6. The van der Waals surface area contributed by atoms with Gasteiger partial charge in [-0.25, -0.2) is 0 Å². The zero-order valence-electron chi connectivity index (χ0n) is 22.0. The van der Waals surface area contributed by atoms with Crippen LogP contribution in [0.5, 0.6) is 0 Å². The van der Waals surface area contributed by atoms with Crippen LogP contribution in [0.25, 0.3) is 72.3 Å². The van der Waals surface area contributed by atoms with Crippen molar-refractivity contribution in [2.45, 2.75) is 0 Å². The van der Waals surface area contributed by atoms with Crippen LogP contribution in [0.4, 0.5) is 0 Å². The predicted molar refractivity (Wildman–Crippen MR) is 159 cm³/mol. The van der Waals surface area contributed by atoms with Crippen molar-refractivity contribution in [3.8, 4) is 39.5 Å². The van der Waals surface area contributed by atoms with E-state index in [9.17, 15) is 0 Å². The van der Waals surface area contributed by atoms with Crippen molar-refractivity contribution >= 4 is 32.8 Å². The second kappa shape index (κ2) is 10.0. The molecule has 4 aromatic heterocycles. The average Bonchev–Trinajstić information content (AvgIpc) is 3.74. The van der Waals surface area contributed by atoms with E-state index in [1.54, 1.807) is 12.5 Å². The Bertz CT molecular complexity index is 2180. The number of aryl methyl sites for hydroxylation is 1. The number of imidazole rings is 1. The quantitative estimate of drug-likeness (QED) is 0.173. The maximum atomic E-state index is 5.41. The molecule has 0 aliphatic carbocycles. The van der Waals surface area contributed by atoms with Crippen LogP contribution < -0.4 is 0 Å². The number of aromatic nitrogens is 4. The van der Waals surface area contributed by atoms with Crippen LogP contribution in [0.3, 0.4) is 0 Å². The van der Waals surface area contributed by atoms with Gasteiger partial charge in [-0.15, -0.1) is 47.5 Å². The standard InChI is InChI=1S/C35H22N4O.Pt/c1-38-33-12-5-3-10-31(33)37-35(38)23-13-15-28-27-8-2-4-11-32(27)39(34(28)20-23)25-14-16-26(24-17-19-40-22-24)29(21-25)30-9-6-7-18-36-30;/h2-19,22H,1H3;/q-2;+2. The van der Waals surface area contributed by atoms with Gasteiger partial charge >= 0.3 is 21.1 Å². The molecule has 0 radical (unpaired) electrons. The van der Waals surface area contributed by atoms with Gasteiger partial charge in [0.05, 0.1) is 29.4 Å². The topological polar surface area (TPSA) is 48.8 Å². The molecule has 0 saturated heterocycles. The first kappa shape index (κ1) is 25.3. The number of fused-ring (bicyclic) bond motifs is 4. The van der Waals surface area contributed by atoms with Crippen LogP contribution in [0.2, 0.25) is 0 Å². The van der Waals surface area contributed by atoms with Gasteiger partial charge in [0.2, 0.25) is 0 Å². The average molecular weight is 710 g/mol. The Morgan fingerprint density at radius 3 is 2.39 bits per heavy atom. The third-order valence-electron chi connectivity index (χ3n) is 7.54. The van der Waals surface area contributed by atoms with Crippen LogP contribution in [-0.4, -0.2) is 19.1 Å². The van der Waals surface area contributed by atoms with Crippen molar-refractivity contribution in [2.75, 3.05) is 0 Å². The van der Waals surface area contributed by atoms with Crippen molar-refractivity contribution in [3.05, 3.63) is 128 Å². The van der Waals surface area contributed by atoms with E-state index in [0.29, 0.717) is 0 Å². The zero-order valence-corrected chi connectivity index (χ0v) is 24.3. The molecule has 0 atom stereocenters. The molecule has 0 fully saturated rings. The molecule has 0 saturated carbocycles. The molecule has 0 amide bonds. The molecule has 0 spiro atoms. The number of rotatable bonds is 4. The van der Waals surface area contributed by atoms with E-state index in [1.165, 1.54) is 0 Å². The van der Waals surface area contributed by atoms with Gasteiger partial charge in [0.25, 0.3) is 0 Å². The first-order valence-electron chi connectivity index (χ1n) is 13.1. The predicted octanol–water partition coefficient (Wildman–Crippen LogP) is 8.26. The molecule has 0 aliphatic heterocycles. The maximum absolute atomic E-state index is 5.41. The van der Waals surface area contributed by atoms with E-state index < -0.39 is 0 Å². The second-order valence-corrected chi connectivity index (χ2v) is 9.83. The first-order valence-corrected chi connectivity index (χ1v) is 13.1. The maximum Gasteiger partial charge on any atom is 2.00 e. The van der Waals surface area contributed by atoms with Crippen LogP contribution in [0.1, 0.15) is 0 Å². The number of hydrogen-bond acceptors (Lipinski definition) is 3. The Balaban J connectivity index is 0.00000276. The number of benzene rings is 4. The molecule has 8 rings (SSSR count). The summed E-state index contributed by atoms with van der Waals surface area (Å²) in [7, 11) is 2.06. The van der Waals surface area contributed by atoms with Crippen LogP contribution >= 0.6 is 0 Å². The van der Waals surface area contributed by atoms with Gasteiger partial charge in [-0.05, 0) is 58.2 Å². The van der Waals surface area contributed by atoms with E-state index in [4.69, 9.17) is 9.40 Å². The van der Waals surface area contributed by atoms with Gasteiger partial charge in [0.15, 0.2) is 0 Å². The van der Waals surface area contributed by atoms with E-state index in [1.807, 2.05) is 48.7 Å². The smallest absolute Gasteiger partial charge is 0.473 e. The summed E-state index contributed by atoms with van der Waals surface area (Å²) in [6.07, 6.45) is 5.26. The molecule has 0 unspecified atom stereocenters. The van der Waals surface area contributed by atoms with E-state index in [-0.39, 0.29) is 21.1 Å². The van der Waals surface area contributed by atoms with Gasteiger partial charge in [-0.1, -0.05) is 53.4 Å². The Hall–Kier alpha value is -4.73. The van der Waals surface area contributed by atoms with Crippen LogP contribution in [-0.2, 0) is 28.1 Å². The van der Waals surface area contributed by atoms with E-state index in [2.05, 4.69) is 87.9 Å². The monoisotopic (exact) mass is 709 g/mol. The normalized spacial score (nSPS) is 11.3. The summed E-state index contributed by atoms with van der Waals surface area (Å²) in [6.45, 7) is 0. The molecular formula is C35H22N4OPt. The molecule has 41 heavy (non-hydrogen) atoms. The van der Waals surface area contributed by atoms with Gasteiger partial charge in [0.1, 0.15) is 0 Å². The van der Waals surface area contributed by atoms with Gasteiger partial charge in [-0.3, -0.25) is 4.98 Å². The molecule has 6 heteroatoms.